The molecule has 1 aliphatic heterocycles. The van der Waals surface area contributed by atoms with Crippen LogP contribution in [0.2, 0.25) is 0 Å². The molecule has 5 heteroatoms. The Bertz CT molecular complexity index is 719. The minimum Gasteiger partial charge on any atom is -0.397 e. The Morgan fingerprint density at radius 1 is 1.04 bits per heavy atom. The third kappa shape index (κ3) is 3.68. The van der Waals surface area contributed by atoms with Crippen molar-refractivity contribution in [1.29, 1.82) is 0 Å². The molecule has 0 unspecified atom stereocenters. The van der Waals surface area contributed by atoms with E-state index >= 15 is 0 Å². The van der Waals surface area contributed by atoms with Crippen LogP contribution in [-0.2, 0) is 0 Å². The third-order valence-corrected chi connectivity index (χ3v) is 4.44. The largest absolute Gasteiger partial charge is 0.397 e. The summed E-state index contributed by atoms with van der Waals surface area (Å²) in [5, 5.41) is 2.90. The number of hydrogen-bond donors (Lipinski definition) is 2. The molecule has 1 amide bonds. The number of nitrogen functional groups attached to an aromatic ring is 1. The number of rotatable bonds is 3. The minimum absolute atomic E-state index is 0.143. The second kappa shape index (κ2) is 6.93. The van der Waals surface area contributed by atoms with Crippen LogP contribution in [0, 0.1) is 6.92 Å². The van der Waals surface area contributed by atoms with Crippen molar-refractivity contribution >= 4 is 23.0 Å². The molecule has 0 aliphatic carbocycles. The Labute approximate surface area is 143 Å². The van der Waals surface area contributed by atoms with E-state index in [4.69, 9.17) is 5.73 Å². The monoisotopic (exact) mass is 324 g/mol. The molecular formula is C19H24N4O. The lowest BCUT2D eigenvalue weighted by Gasteiger charge is -2.34. The number of benzene rings is 2. The average molecular weight is 324 g/mol. The number of nitrogens with two attached hydrogens (primary N) is 1. The molecule has 0 saturated carbocycles. The highest BCUT2D eigenvalue weighted by Crippen LogP contribution is 2.26. The second-order valence-electron chi connectivity index (χ2n) is 6.38. The van der Waals surface area contributed by atoms with Gasteiger partial charge in [0.15, 0.2) is 0 Å². The quantitative estimate of drug-likeness (QED) is 0.852. The molecule has 2 aromatic carbocycles. The van der Waals surface area contributed by atoms with Gasteiger partial charge < -0.3 is 20.9 Å². The Hall–Kier alpha value is -2.53. The Morgan fingerprint density at radius 3 is 2.33 bits per heavy atom. The van der Waals surface area contributed by atoms with Gasteiger partial charge in [0.05, 0.1) is 11.4 Å². The number of aryl methyl sites for hydroxylation is 1. The zero-order valence-electron chi connectivity index (χ0n) is 14.2. The van der Waals surface area contributed by atoms with E-state index in [2.05, 4.69) is 22.2 Å². The Balaban J connectivity index is 1.71. The lowest BCUT2D eigenvalue weighted by molar-refractivity contribution is 0.102. The number of carbonyl (C=O) groups is 1. The van der Waals surface area contributed by atoms with Gasteiger partial charge in [-0.15, -0.1) is 0 Å². The first-order valence-electron chi connectivity index (χ1n) is 8.24. The van der Waals surface area contributed by atoms with E-state index in [0.29, 0.717) is 11.3 Å². The van der Waals surface area contributed by atoms with Gasteiger partial charge in [-0.2, -0.15) is 0 Å². The minimum atomic E-state index is -0.143. The van der Waals surface area contributed by atoms with E-state index in [9.17, 15) is 4.79 Å². The van der Waals surface area contributed by atoms with Gasteiger partial charge in [0.2, 0.25) is 0 Å². The van der Waals surface area contributed by atoms with Gasteiger partial charge in [0, 0.05) is 37.4 Å². The van der Waals surface area contributed by atoms with Crippen LogP contribution >= 0.6 is 0 Å². The molecule has 5 nitrogen and oxygen atoms in total. The fourth-order valence-corrected chi connectivity index (χ4v) is 2.87. The predicted molar refractivity (Wildman–Crippen MR) is 99.7 cm³/mol. The molecular weight excluding hydrogens is 300 g/mol. The molecule has 1 aliphatic rings. The molecule has 3 N–H and O–H groups in total. The van der Waals surface area contributed by atoms with Crippen molar-refractivity contribution < 1.29 is 4.79 Å². The number of likely N-dealkylation sites (N-methyl/N-ethyl adjacent to an activating group) is 1. The molecule has 24 heavy (non-hydrogen) atoms. The first kappa shape index (κ1) is 16.3. The van der Waals surface area contributed by atoms with Gasteiger partial charge in [-0.3, -0.25) is 4.79 Å². The standard InChI is InChI=1S/C19H24N4O/c1-14-3-6-16(7-4-14)21-19(24)15-5-8-18(17(20)13-15)23-11-9-22(2)10-12-23/h3-8,13H,9-12,20H2,1-2H3,(H,21,24). The fraction of sp³-hybridized carbons (Fsp3) is 0.316. The summed E-state index contributed by atoms with van der Waals surface area (Å²) in [5.74, 6) is -0.143. The van der Waals surface area contributed by atoms with Gasteiger partial charge in [0.25, 0.3) is 5.91 Å². The number of piperazine rings is 1. The maximum absolute atomic E-state index is 12.4. The van der Waals surface area contributed by atoms with Gasteiger partial charge in [-0.25, -0.2) is 0 Å². The highest BCUT2D eigenvalue weighted by Gasteiger charge is 2.17. The van der Waals surface area contributed by atoms with E-state index in [1.54, 1.807) is 6.07 Å². The van der Waals surface area contributed by atoms with Crippen LogP contribution in [0.3, 0.4) is 0 Å². The van der Waals surface area contributed by atoms with Gasteiger partial charge in [-0.05, 0) is 44.3 Å². The van der Waals surface area contributed by atoms with Crippen molar-refractivity contribution in [1.82, 2.24) is 4.90 Å². The molecule has 0 bridgehead atoms. The molecule has 0 spiro atoms. The van der Waals surface area contributed by atoms with Crippen LogP contribution in [0.5, 0.6) is 0 Å². The lowest BCUT2D eigenvalue weighted by atomic mass is 10.1. The maximum atomic E-state index is 12.4. The van der Waals surface area contributed by atoms with Crippen molar-refractivity contribution in [3.8, 4) is 0 Å². The van der Waals surface area contributed by atoms with Gasteiger partial charge in [-0.1, -0.05) is 17.7 Å². The summed E-state index contributed by atoms with van der Waals surface area (Å²) in [6.07, 6.45) is 0. The molecule has 1 fully saturated rings. The predicted octanol–water partition coefficient (Wildman–Crippen LogP) is 2.58. The van der Waals surface area contributed by atoms with E-state index in [1.165, 1.54) is 0 Å². The summed E-state index contributed by atoms with van der Waals surface area (Å²) >= 11 is 0. The van der Waals surface area contributed by atoms with Crippen molar-refractivity contribution in [3.05, 3.63) is 53.6 Å². The van der Waals surface area contributed by atoms with Crippen LogP contribution in [0.4, 0.5) is 17.1 Å². The summed E-state index contributed by atoms with van der Waals surface area (Å²) in [6.45, 7) is 5.97. The van der Waals surface area contributed by atoms with Crippen LogP contribution in [0.25, 0.3) is 0 Å². The first-order valence-corrected chi connectivity index (χ1v) is 8.24. The number of carbonyl (C=O) groups excluding carboxylic acids is 1. The van der Waals surface area contributed by atoms with Gasteiger partial charge >= 0.3 is 0 Å². The van der Waals surface area contributed by atoms with Crippen LogP contribution in [0.1, 0.15) is 15.9 Å². The number of hydrogen-bond acceptors (Lipinski definition) is 4. The highest BCUT2D eigenvalue weighted by molar-refractivity contribution is 6.05. The molecule has 0 atom stereocenters. The molecule has 0 radical (unpaired) electrons. The van der Waals surface area contributed by atoms with Crippen LogP contribution in [0.15, 0.2) is 42.5 Å². The van der Waals surface area contributed by atoms with Crippen molar-refractivity contribution in [2.75, 3.05) is 49.2 Å². The summed E-state index contributed by atoms with van der Waals surface area (Å²) in [4.78, 5) is 17.0. The van der Waals surface area contributed by atoms with E-state index in [-0.39, 0.29) is 5.91 Å². The van der Waals surface area contributed by atoms with E-state index < -0.39 is 0 Å². The highest BCUT2D eigenvalue weighted by atomic mass is 16.1. The molecule has 2 aromatic rings. The average Bonchev–Trinajstić information content (AvgIpc) is 2.58. The summed E-state index contributed by atoms with van der Waals surface area (Å²) in [5.41, 5.74) is 10.4. The third-order valence-electron chi connectivity index (χ3n) is 4.44. The fourth-order valence-electron chi connectivity index (χ4n) is 2.87. The smallest absolute Gasteiger partial charge is 0.255 e. The van der Waals surface area contributed by atoms with Gasteiger partial charge in [0.1, 0.15) is 0 Å². The Kier molecular flexibility index (Phi) is 4.71. The Morgan fingerprint density at radius 2 is 1.71 bits per heavy atom. The summed E-state index contributed by atoms with van der Waals surface area (Å²) < 4.78 is 0. The van der Waals surface area contributed by atoms with E-state index in [0.717, 1.165) is 43.1 Å². The van der Waals surface area contributed by atoms with Crippen molar-refractivity contribution in [2.45, 2.75) is 6.92 Å². The van der Waals surface area contributed by atoms with Crippen molar-refractivity contribution in [2.24, 2.45) is 0 Å². The zero-order valence-corrected chi connectivity index (χ0v) is 14.2. The molecule has 1 saturated heterocycles. The number of anilines is 3. The lowest BCUT2D eigenvalue weighted by Crippen LogP contribution is -2.44. The normalized spacial score (nSPS) is 15.3. The van der Waals surface area contributed by atoms with Crippen LogP contribution < -0.4 is 16.0 Å². The zero-order chi connectivity index (χ0) is 17.1. The number of nitrogens with one attached hydrogen (secondary N) is 1. The molecule has 1 heterocycles. The number of amides is 1. The van der Waals surface area contributed by atoms with Crippen molar-refractivity contribution in [3.63, 3.8) is 0 Å². The molecule has 126 valence electrons. The SMILES string of the molecule is Cc1ccc(NC(=O)c2ccc(N3CCN(C)CC3)c(N)c2)cc1. The maximum Gasteiger partial charge on any atom is 0.255 e. The second-order valence-corrected chi connectivity index (χ2v) is 6.38. The number of nitrogens with zero attached hydrogens (tertiary/aromatic N) is 2. The molecule has 3 rings (SSSR count). The van der Waals surface area contributed by atoms with E-state index in [1.807, 2.05) is 43.3 Å². The summed E-state index contributed by atoms with van der Waals surface area (Å²) in [7, 11) is 2.12. The van der Waals surface area contributed by atoms with Crippen LogP contribution in [-0.4, -0.2) is 44.0 Å². The topological polar surface area (TPSA) is 61.6 Å². The summed E-state index contributed by atoms with van der Waals surface area (Å²) in [6, 6.07) is 13.3. The first-order chi connectivity index (χ1) is 11.5. The molecule has 0 aromatic heterocycles.